The van der Waals surface area contributed by atoms with Crippen molar-refractivity contribution < 1.29 is 9.45 Å². The highest BCUT2D eigenvalue weighted by Crippen LogP contribution is 2.24. The van der Waals surface area contributed by atoms with Crippen LogP contribution in [0.1, 0.15) is 5.76 Å². The summed E-state index contributed by atoms with van der Waals surface area (Å²) in [7, 11) is 0. The maximum atomic E-state index is 10.1. The van der Waals surface area contributed by atoms with Gasteiger partial charge in [-0.05, 0) is 24.3 Å². The Bertz CT molecular complexity index is 710. The number of hydrogen-bond donors (Lipinski definition) is 2. The molecular formula is C12H10ClN5O3. The van der Waals surface area contributed by atoms with E-state index in [2.05, 4.69) is 10.2 Å². The lowest BCUT2D eigenvalue weighted by molar-refractivity contribution is -0.525. The molecule has 0 bridgehead atoms. The van der Waals surface area contributed by atoms with Crippen molar-refractivity contribution in [3.05, 3.63) is 57.3 Å². The molecule has 0 aliphatic rings. The van der Waals surface area contributed by atoms with Crippen LogP contribution in [0, 0.1) is 10.1 Å². The topological polar surface area (TPSA) is 119 Å². The van der Waals surface area contributed by atoms with Gasteiger partial charge in [0.25, 0.3) is 5.96 Å². The molecule has 9 heteroatoms. The van der Waals surface area contributed by atoms with E-state index in [4.69, 9.17) is 21.8 Å². The predicted molar refractivity (Wildman–Crippen MR) is 78.5 cm³/mol. The summed E-state index contributed by atoms with van der Waals surface area (Å²) < 4.78 is 5.52. The molecule has 1 aromatic heterocycles. The van der Waals surface area contributed by atoms with Gasteiger partial charge in [-0.2, -0.15) is 5.10 Å². The van der Waals surface area contributed by atoms with E-state index in [0.717, 1.165) is 5.56 Å². The van der Waals surface area contributed by atoms with Crippen molar-refractivity contribution in [1.82, 2.24) is 5.43 Å². The third-order valence-electron chi connectivity index (χ3n) is 2.29. The Morgan fingerprint density at radius 1 is 1.43 bits per heavy atom. The third kappa shape index (κ3) is 4.32. The Labute approximate surface area is 124 Å². The molecule has 0 aliphatic carbocycles. The summed E-state index contributed by atoms with van der Waals surface area (Å²) in [5.74, 6) is 0.597. The minimum absolute atomic E-state index is 0.419. The zero-order valence-corrected chi connectivity index (χ0v) is 11.3. The number of nitrogens with one attached hydrogen (secondary N) is 1. The molecule has 21 heavy (non-hydrogen) atoms. The van der Waals surface area contributed by atoms with E-state index in [1.54, 1.807) is 29.7 Å². The number of benzene rings is 1. The van der Waals surface area contributed by atoms with Crippen LogP contribution in [0.4, 0.5) is 0 Å². The van der Waals surface area contributed by atoms with Crippen LogP contribution in [0.25, 0.3) is 11.3 Å². The first kappa shape index (κ1) is 14.5. The first-order chi connectivity index (χ1) is 10.0. The molecule has 0 fully saturated rings. The summed E-state index contributed by atoms with van der Waals surface area (Å²) in [6.45, 7) is 0. The molecule has 0 unspecified atom stereocenters. The van der Waals surface area contributed by atoms with Crippen molar-refractivity contribution in [3.63, 3.8) is 0 Å². The average molecular weight is 308 g/mol. The van der Waals surface area contributed by atoms with Gasteiger partial charge in [-0.25, -0.2) is 10.1 Å². The van der Waals surface area contributed by atoms with Crippen LogP contribution in [0.3, 0.4) is 0 Å². The van der Waals surface area contributed by atoms with E-state index in [9.17, 15) is 10.1 Å². The molecular weight excluding hydrogens is 298 g/mol. The highest BCUT2D eigenvalue weighted by atomic mass is 35.5. The van der Waals surface area contributed by atoms with Gasteiger partial charge in [0.15, 0.2) is 5.03 Å². The Balaban J connectivity index is 2.08. The lowest BCUT2D eigenvalue weighted by Crippen LogP contribution is -2.35. The maximum absolute atomic E-state index is 10.1. The summed E-state index contributed by atoms with van der Waals surface area (Å²) in [4.78, 5) is 10.1. The first-order valence-corrected chi connectivity index (χ1v) is 6.06. The number of nitrogens with two attached hydrogens (primary N) is 1. The largest absolute Gasteiger partial charge is 0.455 e. The maximum Gasteiger partial charge on any atom is 0.275 e. The van der Waals surface area contributed by atoms with E-state index in [0.29, 0.717) is 16.5 Å². The highest BCUT2D eigenvalue weighted by Gasteiger charge is 2.04. The standard InChI is InChI=1S/C12H10ClN5O3/c13-9-3-1-2-8(6-9)11-5-4-10(21-11)7-15-16-12(14)17-18(19)20/h1-7H,(H3,14,16,17). The van der Waals surface area contributed by atoms with Crippen molar-refractivity contribution in [3.8, 4) is 11.3 Å². The molecule has 3 N–H and O–H groups in total. The van der Waals surface area contributed by atoms with E-state index < -0.39 is 11.0 Å². The summed E-state index contributed by atoms with van der Waals surface area (Å²) in [6, 6.07) is 10.6. The predicted octanol–water partition coefficient (Wildman–Crippen LogP) is 2.03. The molecule has 0 spiro atoms. The second kappa shape index (κ2) is 6.53. The number of halogens is 1. The second-order valence-electron chi connectivity index (χ2n) is 3.81. The number of hydrazine groups is 1. The SMILES string of the molecule is NC(=NN=Cc1ccc(-c2cccc(Cl)c2)o1)N[N+](=O)[O-]. The van der Waals surface area contributed by atoms with Crippen LogP contribution in [0.2, 0.25) is 5.02 Å². The lowest BCUT2D eigenvalue weighted by Gasteiger charge is -1.96. The minimum atomic E-state index is -0.835. The Hall–Kier alpha value is -2.87. The second-order valence-corrected chi connectivity index (χ2v) is 4.25. The molecule has 2 aromatic rings. The molecule has 2 rings (SSSR count). The molecule has 0 atom stereocenters. The summed E-state index contributed by atoms with van der Waals surface area (Å²) in [5, 5.41) is 16.8. The molecule has 0 aliphatic heterocycles. The van der Waals surface area contributed by atoms with Crippen molar-refractivity contribution >= 4 is 23.8 Å². The quantitative estimate of drug-likeness (QED) is 0.387. The van der Waals surface area contributed by atoms with Gasteiger partial charge in [0.05, 0.1) is 6.21 Å². The molecule has 0 amide bonds. The molecule has 0 saturated heterocycles. The third-order valence-corrected chi connectivity index (χ3v) is 2.53. The fourth-order valence-electron chi connectivity index (χ4n) is 1.48. The number of furan rings is 1. The zero-order valence-electron chi connectivity index (χ0n) is 10.6. The molecule has 0 radical (unpaired) electrons. The minimum Gasteiger partial charge on any atom is -0.455 e. The number of nitrogens with zero attached hydrogens (tertiary/aromatic N) is 3. The van der Waals surface area contributed by atoms with E-state index in [1.807, 2.05) is 12.1 Å². The van der Waals surface area contributed by atoms with Gasteiger partial charge in [0, 0.05) is 10.6 Å². The molecule has 1 heterocycles. The monoisotopic (exact) mass is 307 g/mol. The normalized spacial score (nSPS) is 11.8. The van der Waals surface area contributed by atoms with Gasteiger partial charge in [0.2, 0.25) is 0 Å². The molecule has 1 aromatic carbocycles. The number of rotatable bonds is 4. The van der Waals surface area contributed by atoms with Gasteiger partial charge >= 0.3 is 0 Å². The van der Waals surface area contributed by atoms with Crippen LogP contribution in [-0.4, -0.2) is 17.2 Å². The lowest BCUT2D eigenvalue weighted by atomic mass is 10.2. The van der Waals surface area contributed by atoms with Crippen LogP contribution in [0.15, 0.2) is 51.0 Å². The summed E-state index contributed by atoms with van der Waals surface area (Å²) in [5.41, 5.74) is 7.67. The highest BCUT2D eigenvalue weighted by molar-refractivity contribution is 6.30. The fraction of sp³-hybridized carbons (Fsp3) is 0. The average Bonchev–Trinajstić information content (AvgIpc) is 2.86. The summed E-state index contributed by atoms with van der Waals surface area (Å²) in [6.07, 6.45) is 1.28. The number of hydrogen-bond acceptors (Lipinski definition) is 5. The summed E-state index contributed by atoms with van der Waals surface area (Å²) >= 11 is 5.90. The van der Waals surface area contributed by atoms with Crippen molar-refractivity contribution in [2.75, 3.05) is 0 Å². The van der Waals surface area contributed by atoms with Crippen LogP contribution in [0.5, 0.6) is 0 Å². The Morgan fingerprint density at radius 2 is 2.24 bits per heavy atom. The number of nitro groups is 1. The van der Waals surface area contributed by atoms with Crippen molar-refractivity contribution in [2.24, 2.45) is 15.9 Å². The van der Waals surface area contributed by atoms with Crippen LogP contribution in [-0.2, 0) is 0 Å². The fourth-order valence-corrected chi connectivity index (χ4v) is 1.67. The van der Waals surface area contributed by atoms with E-state index in [-0.39, 0.29) is 0 Å². The Morgan fingerprint density at radius 3 is 2.95 bits per heavy atom. The van der Waals surface area contributed by atoms with Crippen LogP contribution >= 0.6 is 11.6 Å². The van der Waals surface area contributed by atoms with Gasteiger partial charge in [-0.15, -0.1) is 5.10 Å². The zero-order chi connectivity index (χ0) is 15.2. The van der Waals surface area contributed by atoms with Gasteiger partial charge in [0.1, 0.15) is 11.5 Å². The van der Waals surface area contributed by atoms with E-state index in [1.165, 1.54) is 6.21 Å². The van der Waals surface area contributed by atoms with Crippen molar-refractivity contribution in [2.45, 2.75) is 0 Å². The van der Waals surface area contributed by atoms with Gasteiger partial charge in [-0.1, -0.05) is 29.2 Å². The van der Waals surface area contributed by atoms with Gasteiger partial charge in [-0.3, -0.25) is 0 Å². The first-order valence-electron chi connectivity index (χ1n) is 5.68. The molecule has 0 saturated carbocycles. The molecule has 108 valence electrons. The Kier molecular flexibility index (Phi) is 4.52. The van der Waals surface area contributed by atoms with E-state index >= 15 is 0 Å². The van der Waals surface area contributed by atoms with Crippen LogP contribution < -0.4 is 11.2 Å². The number of guanidine groups is 1. The van der Waals surface area contributed by atoms with Gasteiger partial charge < -0.3 is 10.2 Å². The molecule has 8 nitrogen and oxygen atoms in total. The van der Waals surface area contributed by atoms with Crippen molar-refractivity contribution in [1.29, 1.82) is 0 Å². The smallest absolute Gasteiger partial charge is 0.275 e.